The first-order valence-corrected chi connectivity index (χ1v) is 7.87. The minimum atomic E-state index is -0.362. The van der Waals surface area contributed by atoms with Gasteiger partial charge in [-0.05, 0) is 36.4 Å². The van der Waals surface area contributed by atoms with E-state index in [1.807, 2.05) is 0 Å². The second-order valence-electron chi connectivity index (χ2n) is 5.76. The van der Waals surface area contributed by atoms with Crippen molar-refractivity contribution < 1.29 is 9.18 Å². The van der Waals surface area contributed by atoms with E-state index in [9.17, 15) is 14.0 Å². The number of pyridine rings is 2. The molecule has 0 bridgehead atoms. The zero-order valence-corrected chi connectivity index (χ0v) is 14.3. The number of nitrogens with zero attached hydrogens (tertiary/aromatic N) is 3. The fourth-order valence-corrected chi connectivity index (χ4v) is 2.41. The number of hydrogen-bond donors (Lipinski definition) is 1. The second-order valence-corrected chi connectivity index (χ2v) is 5.76. The highest BCUT2D eigenvalue weighted by Crippen LogP contribution is 2.24. The summed E-state index contributed by atoms with van der Waals surface area (Å²) >= 11 is 0. The lowest BCUT2D eigenvalue weighted by atomic mass is 10.2. The fourth-order valence-electron chi connectivity index (χ4n) is 2.41. The van der Waals surface area contributed by atoms with E-state index in [2.05, 4.69) is 10.3 Å². The Labute approximate surface area is 149 Å². The smallest absolute Gasteiger partial charge is 0.258 e. The molecule has 7 heteroatoms. The summed E-state index contributed by atoms with van der Waals surface area (Å²) in [4.78, 5) is 29.6. The van der Waals surface area contributed by atoms with Crippen LogP contribution in [0.3, 0.4) is 0 Å². The number of halogens is 1. The van der Waals surface area contributed by atoms with E-state index in [4.69, 9.17) is 0 Å². The number of anilines is 3. The molecule has 0 aliphatic heterocycles. The summed E-state index contributed by atoms with van der Waals surface area (Å²) in [5.41, 5.74) is 1.60. The van der Waals surface area contributed by atoms with Crippen molar-refractivity contribution in [3.05, 3.63) is 82.7 Å². The standard InChI is InChI=1S/C19H17FN4O2/c1-23-12-13(6-9-18(23)25)19(26)22-17-8-7-16(11-21-17)24(2)15-5-3-4-14(20)10-15/h3-12H,1-2H3,(H,21,22,26). The Kier molecular flexibility index (Phi) is 4.79. The number of rotatable bonds is 4. The van der Waals surface area contributed by atoms with Crippen LogP contribution in [0.25, 0.3) is 0 Å². The molecule has 3 rings (SSSR count). The molecular formula is C19H17FN4O2. The molecule has 2 aromatic heterocycles. The van der Waals surface area contributed by atoms with E-state index in [0.29, 0.717) is 17.1 Å². The van der Waals surface area contributed by atoms with Crippen molar-refractivity contribution in [1.82, 2.24) is 9.55 Å². The van der Waals surface area contributed by atoms with Crippen LogP contribution in [0.1, 0.15) is 10.4 Å². The molecule has 26 heavy (non-hydrogen) atoms. The summed E-state index contributed by atoms with van der Waals surface area (Å²) in [6.07, 6.45) is 3.05. The highest BCUT2D eigenvalue weighted by atomic mass is 19.1. The van der Waals surface area contributed by atoms with Crippen LogP contribution in [0.15, 0.2) is 65.7 Å². The van der Waals surface area contributed by atoms with Gasteiger partial charge in [0.1, 0.15) is 11.6 Å². The molecule has 0 atom stereocenters. The van der Waals surface area contributed by atoms with E-state index in [0.717, 1.165) is 5.69 Å². The molecule has 1 aromatic carbocycles. The van der Waals surface area contributed by atoms with Crippen molar-refractivity contribution in [1.29, 1.82) is 0 Å². The topological polar surface area (TPSA) is 67.2 Å². The van der Waals surface area contributed by atoms with Crippen molar-refractivity contribution >= 4 is 23.1 Å². The van der Waals surface area contributed by atoms with Crippen LogP contribution < -0.4 is 15.8 Å². The maximum Gasteiger partial charge on any atom is 0.258 e. The molecule has 1 amide bonds. The molecule has 1 N–H and O–H groups in total. The fraction of sp³-hybridized carbons (Fsp3) is 0.105. The lowest BCUT2D eigenvalue weighted by Crippen LogP contribution is -2.20. The molecule has 0 saturated carbocycles. The van der Waals surface area contributed by atoms with Gasteiger partial charge in [-0.1, -0.05) is 6.07 Å². The summed E-state index contributed by atoms with van der Waals surface area (Å²) in [6, 6.07) is 12.5. The SMILES string of the molecule is CN(c1ccc(NC(=O)c2ccc(=O)n(C)c2)nc1)c1cccc(F)c1. The summed E-state index contributed by atoms with van der Waals surface area (Å²) < 4.78 is 14.7. The molecule has 0 spiro atoms. The van der Waals surface area contributed by atoms with Gasteiger partial charge >= 0.3 is 0 Å². The van der Waals surface area contributed by atoms with E-state index in [1.54, 1.807) is 49.5 Å². The number of hydrogen-bond acceptors (Lipinski definition) is 4. The zero-order valence-electron chi connectivity index (χ0n) is 14.3. The van der Waals surface area contributed by atoms with Gasteiger partial charge in [0.05, 0.1) is 17.4 Å². The number of carbonyl (C=O) groups excluding carboxylic acids is 1. The van der Waals surface area contributed by atoms with Crippen molar-refractivity contribution in [2.45, 2.75) is 0 Å². The van der Waals surface area contributed by atoms with Gasteiger partial charge in [-0.15, -0.1) is 0 Å². The monoisotopic (exact) mass is 352 g/mol. The Bertz CT molecular complexity index is 999. The lowest BCUT2D eigenvalue weighted by Gasteiger charge is -2.19. The van der Waals surface area contributed by atoms with Gasteiger partial charge in [-0.25, -0.2) is 9.37 Å². The largest absolute Gasteiger partial charge is 0.343 e. The quantitative estimate of drug-likeness (QED) is 0.784. The first-order chi connectivity index (χ1) is 12.4. The second kappa shape index (κ2) is 7.18. The van der Waals surface area contributed by atoms with Crippen LogP contribution in [0.2, 0.25) is 0 Å². The molecule has 2 heterocycles. The number of amides is 1. The van der Waals surface area contributed by atoms with Gasteiger partial charge < -0.3 is 14.8 Å². The Balaban J connectivity index is 1.74. The molecule has 3 aromatic rings. The molecule has 0 aliphatic rings. The summed E-state index contributed by atoms with van der Waals surface area (Å²) in [7, 11) is 3.38. The minimum absolute atomic E-state index is 0.190. The normalized spacial score (nSPS) is 10.4. The molecule has 6 nitrogen and oxygen atoms in total. The Morgan fingerprint density at radius 2 is 1.96 bits per heavy atom. The van der Waals surface area contributed by atoms with E-state index in [-0.39, 0.29) is 17.3 Å². The molecule has 0 saturated heterocycles. The minimum Gasteiger partial charge on any atom is -0.343 e. The number of carbonyl (C=O) groups is 1. The molecule has 0 aliphatic carbocycles. The van der Waals surface area contributed by atoms with Crippen LogP contribution in [-0.2, 0) is 7.05 Å². The van der Waals surface area contributed by atoms with Crippen molar-refractivity contribution in [2.75, 3.05) is 17.3 Å². The van der Waals surface area contributed by atoms with E-state index in [1.165, 1.54) is 35.0 Å². The van der Waals surface area contributed by atoms with E-state index >= 15 is 0 Å². The van der Waals surface area contributed by atoms with Gasteiger partial charge in [-0.2, -0.15) is 0 Å². The van der Waals surface area contributed by atoms with Crippen molar-refractivity contribution in [3.63, 3.8) is 0 Å². The third kappa shape index (κ3) is 3.77. The summed E-state index contributed by atoms with van der Waals surface area (Å²) in [6.45, 7) is 0. The highest BCUT2D eigenvalue weighted by molar-refractivity contribution is 6.03. The van der Waals surface area contributed by atoms with Gasteiger partial charge in [0.25, 0.3) is 5.91 Å². The Morgan fingerprint density at radius 1 is 1.15 bits per heavy atom. The maximum atomic E-state index is 13.4. The third-order valence-corrected chi connectivity index (χ3v) is 3.92. The maximum absolute atomic E-state index is 13.4. The van der Waals surface area contributed by atoms with Crippen LogP contribution in [0.4, 0.5) is 21.6 Å². The number of aromatic nitrogens is 2. The first kappa shape index (κ1) is 17.3. The average molecular weight is 352 g/mol. The van der Waals surface area contributed by atoms with Gasteiger partial charge in [0, 0.05) is 32.0 Å². The van der Waals surface area contributed by atoms with Crippen LogP contribution in [0.5, 0.6) is 0 Å². The van der Waals surface area contributed by atoms with Crippen molar-refractivity contribution in [3.8, 4) is 0 Å². The predicted octanol–water partition coefficient (Wildman–Crippen LogP) is 2.94. The Hall–Kier alpha value is -3.48. The van der Waals surface area contributed by atoms with Crippen LogP contribution in [0, 0.1) is 5.82 Å². The van der Waals surface area contributed by atoms with Crippen LogP contribution in [-0.4, -0.2) is 22.5 Å². The first-order valence-electron chi connectivity index (χ1n) is 7.87. The molecule has 0 radical (unpaired) electrons. The number of benzene rings is 1. The highest BCUT2D eigenvalue weighted by Gasteiger charge is 2.09. The molecule has 0 fully saturated rings. The zero-order chi connectivity index (χ0) is 18.7. The third-order valence-electron chi connectivity index (χ3n) is 3.92. The van der Waals surface area contributed by atoms with Gasteiger partial charge in [0.2, 0.25) is 5.56 Å². The Morgan fingerprint density at radius 3 is 2.62 bits per heavy atom. The van der Waals surface area contributed by atoms with Crippen LogP contribution >= 0.6 is 0 Å². The predicted molar refractivity (Wildman–Crippen MR) is 98.3 cm³/mol. The molecule has 0 unspecified atom stereocenters. The lowest BCUT2D eigenvalue weighted by molar-refractivity contribution is 0.102. The van der Waals surface area contributed by atoms with Crippen molar-refractivity contribution in [2.24, 2.45) is 7.05 Å². The number of aryl methyl sites for hydroxylation is 1. The molecule has 132 valence electrons. The van der Waals surface area contributed by atoms with Gasteiger partial charge in [0.15, 0.2) is 0 Å². The number of nitrogens with one attached hydrogen (secondary N) is 1. The van der Waals surface area contributed by atoms with E-state index < -0.39 is 0 Å². The summed E-state index contributed by atoms with van der Waals surface area (Å²) in [5, 5.41) is 2.68. The molecular weight excluding hydrogens is 335 g/mol. The van der Waals surface area contributed by atoms with Gasteiger partial charge in [-0.3, -0.25) is 9.59 Å². The average Bonchev–Trinajstić information content (AvgIpc) is 2.64. The summed E-state index contributed by atoms with van der Waals surface area (Å²) in [5.74, 6) is -0.303.